The van der Waals surface area contributed by atoms with E-state index in [2.05, 4.69) is 19.7 Å². The van der Waals surface area contributed by atoms with Gasteiger partial charge in [-0.25, -0.2) is 0 Å². The van der Waals surface area contributed by atoms with E-state index in [-0.39, 0.29) is 73.0 Å². The predicted molar refractivity (Wildman–Crippen MR) is 167 cm³/mol. The minimum atomic E-state index is 0.0617. The third kappa shape index (κ3) is 5.11. The molecule has 0 fully saturated rings. The molecule has 0 bridgehead atoms. The number of rotatable bonds is 0. The molecular formula is C36H42O6. The second kappa shape index (κ2) is 11.2. The molecule has 3 aromatic rings. The number of phenols is 6. The fraction of sp³-hybridized carbons (Fsp3) is 0.333. The fourth-order valence-corrected chi connectivity index (χ4v) is 6.11. The zero-order valence-corrected chi connectivity index (χ0v) is 25.5. The summed E-state index contributed by atoms with van der Waals surface area (Å²) in [6, 6.07) is 0. The molecule has 0 aliphatic heterocycles. The number of hydrogen-bond donors (Lipinski definition) is 6. The highest BCUT2D eigenvalue weighted by molar-refractivity contribution is 5.63. The van der Waals surface area contributed by atoms with Crippen LogP contribution >= 0.6 is 0 Å². The topological polar surface area (TPSA) is 121 Å². The van der Waals surface area contributed by atoms with Gasteiger partial charge >= 0.3 is 0 Å². The third-order valence-electron chi connectivity index (χ3n) is 9.19. The Kier molecular flexibility index (Phi) is 8.14. The molecule has 222 valence electrons. The second-order valence-corrected chi connectivity index (χ2v) is 12.0. The molecule has 0 amide bonds. The van der Waals surface area contributed by atoms with Gasteiger partial charge in [-0.3, -0.25) is 0 Å². The molecule has 6 nitrogen and oxygen atoms in total. The van der Waals surface area contributed by atoms with Gasteiger partial charge in [0.1, 0.15) is 34.5 Å². The molecular weight excluding hydrogens is 528 g/mol. The molecule has 0 heterocycles. The van der Waals surface area contributed by atoms with E-state index in [9.17, 15) is 30.6 Å². The van der Waals surface area contributed by atoms with Crippen LogP contribution in [0, 0.1) is 41.5 Å². The van der Waals surface area contributed by atoms with E-state index in [0.29, 0.717) is 83.5 Å². The van der Waals surface area contributed by atoms with Crippen LogP contribution in [0.4, 0.5) is 0 Å². The van der Waals surface area contributed by atoms with E-state index < -0.39 is 0 Å². The molecule has 0 spiro atoms. The van der Waals surface area contributed by atoms with Crippen molar-refractivity contribution >= 4 is 0 Å². The fourth-order valence-electron chi connectivity index (χ4n) is 6.11. The molecule has 3 aromatic carbocycles. The lowest BCUT2D eigenvalue weighted by Gasteiger charge is -2.22. The summed E-state index contributed by atoms with van der Waals surface area (Å²) in [5, 5.41) is 67.6. The van der Waals surface area contributed by atoms with Crippen LogP contribution in [0.2, 0.25) is 0 Å². The molecule has 4 rings (SSSR count). The molecule has 1 aliphatic rings. The van der Waals surface area contributed by atoms with E-state index in [0.717, 1.165) is 0 Å². The Morgan fingerprint density at radius 2 is 0.429 bits per heavy atom. The van der Waals surface area contributed by atoms with E-state index in [1.54, 1.807) is 41.5 Å². The van der Waals surface area contributed by atoms with Crippen molar-refractivity contribution in [2.45, 2.75) is 80.1 Å². The molecule has 1 aliphatic carbocycles. The van der Waals surface area contributed by atoms with Gasteiger partial charge in [-0.1, -0.05) is 36.5 Å². The Labute approximate surface area is 248 Å². The third-order valence-corrected chi connectivity index (χ3v) is 9.19. The number of allylic oxidation sites excluding steroid dienone is 3. The quantitative estimate of drug-likeness (QED) is 0.127. The summed E-state index contributed by atoms with van der Waals surface area (Å²) in [4.78, 5) is 0. The number of benzene rings is 3. The van der Waals surface area contributed by atoms with Gasteiger partial charge in [-0.05, 0) is 113 Å². The number of aromatic hydroxyl groups is 6. The van der Waals surface area contributed by atoms with Gasteiger partial charge in [0, 0.05) is 33.4 Å². The van der Waals surface area contributed by atoms with Crippen LogP contribution in [0.25, 0.3) is 0 Å². The van der Waals surface area contributed by atoms with Crippen molar-refractivity contribution in [1.82, 2.24) is 0 Å². The molecule has 42 heavy (non-hydrogen) atoms. The zero-order valence-electron chi connectivity index (χ0n) is 25.5. The Morgan fingerprint density at radius 3 is 0.548 bits per heavy atom. The lowest BCUT2D eigenvalue weighted by Crippen LogP contribution is -2.07. The predicted octanol–water partition coefficient (Wildman–Crippen LogP) is 7.11. The van der Waals surface area contributed by atoms with Gasteiger partial charge in [0.25, 0.3) is 0 Å². The zero-order chi connectivity index (χ0) is 31.4. The summed E-state index contributed by atoms with van der Waals surface area (Å²) in [5.41, 5.74) is 8.47. The summed E-state index contributed by atoms with van der Waals surface area (Å²) >= 11 is 0. The summed E-state index contributed by atoms with van der Waals surface area (Å²) in [6.07, 6.45) is 1.32. The molecule has 0 radical (unpaired) electrons. The van der Waals surface area contributed by atoms with Gasteiger partial charge in [-0.2, -0.15) is 0 Å². The lowest BCUT2D eigenvalue weighted by molar-refractivity contribution is 0.441. The summed E-state index contributed by atoms with van der Waals surface area (Å²) in [5.74, 6) is 0.370. The maximum absolute atomic E-state index is 11.3. The average molecular weight is 571 g/mol. The van der Waals surface area contributed by atoms with E-state index in [1.165, 1.54) is 0 Å². The summed E-state index contributed by atoms with van der Waals surface area (Å²) in [7, 11) is 0. The summed E-state index contributed by atoms with van der Waals surface area (Å²) in [6.45, 7) is 23.3. The van der Waals surface area contributed by atoms with Crippen LogP contribution in [-0.2, 0) is 38.5 Å². The van der Waals surface area contributed by atoms with E-state index >= 15 is 0 Å². The Morgan fingerprint density at radius 1 is 0.310 bits per heavy atom. The highest BCUT2D eigenvalue weighted by Gasteiger charge is 2.26. The van der Waals surface area contributed by atoms with Gasteiger partial charge in [-0.15, -0.1) is 0 Å². The first-order valence-electron chi connectivity index (χ1n) is 14.1. The van der Waals surface area contributed by atoms with Gasteiger partial charge in [0.05, 0.1) is 0 Å². The summed E-state index contributed by atoms with van der Waals surface area (Å²) < 4.78 is 0. The van der Waals surface area contributed by atoms with Crippen molar-refractivity contribution in [3.8, 4) is 34.5 Å². The first-order chi connectivity index (χ1) is 19.6. The van der Waals surface area contributed by atoms with Crippen molar-refractivity contribution in [3.63, 3.8) is 0 Å². The Hall–Kier alpha value is -4.32. The maximum Gasteiger partial charge on any atom is 0.122 e. The number of phenolic OH excluding ortho intramolecular Hbond substituents is 6. The van der Waals surface area contributed by atoms with Crippen molar-refractivity contribution in [2.75, 3.05) is 0 Å². The largest absolute Gasteiger partial charge is 0.507 e. The first kappa shape index (κ1) is 30.6. The molecule has 0 saturated carbocycles. The molecule has 0 atom stereocenters. The van der Waals surface area contributed by atoms with Crippen molar-refractivity contribution < 1.29 is 30.6 Å². The maximum atomic E-state index is 11.3. The van der Waals surface area contributed by atoms with Crippen LogP contribution in [0.5, 0.6) is 34.5 Å². The smallest absolute Gasteiger partial charge is 0.122 e. The minimum absolute atomic E-state index is 0.0617. The Balaban J connectivity index is 2.02. The van der Waals surface area contributed by atoms with Crippen LogP contribution in [0.3, 0.4) is 0 Å². The molecule has 0 aromatic heterocycles. The average Bonchev–Trinajstić information content (AvgIpc) is 2.95. The van der Waals surface area contributed by atoms with Crippen LogP contribution < -0.4 is 0 Å². The lowest BCUT2D eigenvalue weighted by atomic mass is 9.85. The van der Waals surface area contributed by atoms with Crippen molar-refractivity contribution in [1.29, 1.82) is 0 Å². The van der Waals surface area contributed by atoms with Gasteiger partial charge < -0.3 is 30.6 Å². The normalized spacial score (nSPS) is 14.6. The van der Waals surface area contributed by atoms with Crippen molar-refractivity contribution in [2.24, 2.45) is 0 Å². The molecule has 6 N–H and O–H groups in total. The molecule has 6 heteroatoms. The van der Waals surface area contributed by atoms with E-state index in [4.69, 9.17) is 0 Å². The highest BCUT2D eigenvalue weighted by atomic mass is 16.3. The van der Waals surface area contributed by atoms with E-state index in [1.807, 2.05) is 0 Å². The monoisotopic (exact) mass is 570 g/mol. The number of hydrogen-bond acceptors (Lipinski definition) is 6. The number of fused-ring (bicyclic) bond motifs is 3. The van der Waals surface area contributed by atoms with Gasteiger partial charge in [0.15, 0.2) is 0 Å². The van der Waals surface area contributed by atoms with Crippen molar-refractivity contribution in [3.05, 3.63) is 103 Å². The first-order valence-corrected chi connectivity index (χ1v) is 14.1. The van der Waals surface area contributed by atoms with Crippen LogP contribution in [0.15, 0.2) is 36.5 Å². The van der Waals surface area contributed by atoms with Crippen LogP contribution in [0.1, 0.15) is 66.8 Å². The van der Waals surface area contributed by atoms with Gasteiger partial charge in [0.2, 0.25) is 0 Å². The standard InChI is InChI=1S/C36H42O6/c1-16-10-25-27(33(39)21(6)19(4)31(25)37)12-17(2)14-29-30(36(42)24(9)23(8)35(29)41)15-18(3)13-28-26(11-16)32(38)20(5)22(7)34(28)40/h37-42H,1-3,10-15H2,4-9H3. The highest BCUT2D eigenvalue weighted by Crippen LogP contribution is 2.44. The molecule has 0 unspecified atom stereocenters. The van der Waals surface area contributed by atoms with Crippen LogP contribution in [-0.4, -0.2) is 30.6 Å². The molecule has 0 saturated heterocycles. The minimum Gasteiger partial charge on any atom is -0.507 e. The SMILES string of the molecule is C=C1Cc2c(O)c(C)c(C)c(O)c2CC(=C)Cc2c(O)c(C)c(C)c(O)c2CC(=C)Cc2c(O)c(C)c(C)c(O)c2C1. The second-order valence-electron chi connectivity index (χ2n) is 12.0. The Bertz CT molecular complexity index is 1370.